The highest BCUT2D eigenvalue weighted by atomic mass is 16.7. The molecule has 0 aromatic heterocycles. The van der Waals surface area contributed by atoms with Crippen molar-refractivity contribution >= 4 is 5.97 Å². The van der Waals surface area contributed by atoms with Gasteiger partial charge in [0, 0.05) is 16.4 Å². The van der Waals surface area contributed by atoms with Gasteiger partial charge in [0.1, 0.15) is 18.3 Å². The van der Waals surface area contributed by atoms with Crippen LogP contribution in [0.2, 0.25) is 0 Å². The Morgan fingerprint density at radius 3 is 2.25 bits per heavy atom. The number of hydrogen-bond acceptors (Lipinski definition) is 8. The van der Waals surface area contributed by atoms with Gasteiger partial charge in [-0.05, 0) is 98.7 Å². The van der Waals surface area contributed by atoms with E-state index < -0.39 is 53.6 Å². The second kappa shape index (κ2) is 11.9. The monoisotopic (exact) mass is 622 g/mol. The van der Waals surface area contributed by atoms with E-state index in [1.54, 1.807) is 13.0 Å². The Morgan fingerprint density at radius 2 is 1.59 bits per heavy atom. The summed E-state index contributed by atoms with van der Waals surface area (Å²) in [6.45, 7) is 15.0. The number of carboxylic acid groups (broad SMARTS) is 1. The van der Waals surface area contributed by atoms with Crippen LogP contribution in [-0.2, 0) is 14.3 Å². The van der Waals surface area contributed by atoms with Gasteiger partial charge in [0.2, 0.25) is 0 Å². The molecular weight excluding hydrogens is 564 g/mol. The number of aliphatic hydroxyl groups excluding tert-OH is 5. The number of aliphatic hydroxyl groups is 5. The summed E-state index contributed by atoms with van der Waals surface area (Å²) in [4.78, 5) is 11.3. The van der Waals surface area contributed by atoms with Gasteiger partial charge in [0.05, 0.1) is 24.9 Å². The van der Waals surface area contributed by atoms with Gasteiger partial charge in [-0.25, -0.2) is 4.79 Å². The van der Waals surface area contributed by atoms with Crippen molar-refractivity contribution in [2.75, 3.05) is 6.61 Å². The van der Waals surface area contributed by atoms with E-state index in [0.717, 1.165) is 32.1 Å². The predicted molar refractivity (Wildman–Crippen MR) is 164 cm³/mol. The van der Waals surface area contributed by atoms with E-state index in [-0.39, 0.29) is 47.2 Å². The van der Waals surface area contributed by atoms with Crippen molar-refractivity contribution in [3.05, 3.63) is 11.6 Å². The highest BCUT2D eigenvalue weighted by Gasteiger charge is 2.73. The fraction of sp³-hybridized carbons (Fsp3) is 0.914. The average Bonchev–Trinajstić information content (AvgIpc) is 3.17. The van der Waals surface area contributed by atoms with Gasteiger partial charge >= 0.3 is 5.97 Å². The van der Waals surface area contributed by atoms with Crippen LogP contribution in [0.3, 0.4) is 0 Å². The zero-order chi connectivity index (χ0) is 32.6. The van der Waals surface area contributed by atoms with Crippen LogP contribution in [0.5, 0.6) is 0 Å². The first-order valence-electron chi connectivity index (χ1n) is 17.0. The maximum absolute atomic E-state index is 12.1. The van der Waals surface area contributed by atoms with Gasteiger partial charge in [0.15, 0.2) is 6.29 Å². The van der Waals surface area contributed by atoms with Gasteiger partial charge < -0.3 is 40.1 Å². The van der Waals surface area contributed by atoms with Gasteiger partial charge in [-0.15, -0.1) is 0 Å². The molecule has 0 aromatic rings. The maximum atomic E-state index is 12.1. The average molecular weight is 623 g/mol. The summed E-state index contributed by atoms with van der Waals surface area (Å²) in [5.41, 5.74) is -0.864. The molecule has 0 spiro atoms. The van der Waals surface area contributed by atoms with E-state index in [4.69, 9.17) is 9.47 Å². The molecule has 6 N–H and O–H groups in total. The number of aliphatic carboxylic acids is 1. The maximum Gasteiger partial charge on any atom is 0.330 e. The minimum Gasteiger partial charge on any atom is -0.478 e. The molecule has 0 aromatic carbocycles. The van der Waals surface area contributed by atoms with Crippen LogP contribution in [0.15, 0.2) is 11.6 Å². The molecule has 0 radical (unpaired) electrons. The van der Waals surface area contributed by atoms with Crippen molar-refractivity contribution in [1.82, 2.24) is 0 Å². The molecule has 0 unspecified atom stereocenters. The van der Waals surface area contributed by atoms with Crippen molar-refractivity contribution < 1.29 is 44.9 Å². The topological polar surface area (TPSA) is 157 Å². The Labute approximate surface area is 263 Å². The van der Waals surface area contributed by atoms with Crippen LogP contribution < -0.4 is 0 Å². The molecule has 1 aliphatic heterocycles. The molecule has 4 saturated carbocycles. The van der Waals surface area contributed by atoms with E-state index in [1.807, 2.05) is 0 Å². The second-order valence-corrected chi connectivity index (χ2v) is 16.5. The highest BCUT2D eigenvalue weighted by molar-refractivity contribution is 5.85. The smallest absolute Gasteiger partial charge is 0.330 e. The summed E-state index contributed by atoms with van der Waals surface area (Å²) in [6, 6.07) is 0. The molecule has 5 aliphatic rings. The van der Waals surface area contributed by atoms with Gasteiger partial charge in [-0.2, -0.15) is 0 Å². The van der Waals surface area contributed by atoms with Gasteiger partial charge in [0.25, 0.3) is 0 Å². The summed E-state index contributed by atoms with van der Waals surface area (Å²) >= 11 is 0. The molecule has 0 bridgehead atoms. The van der Waals surface area contributed by atoms with E-state index in [1.165, 1.54) is 0 Å². The van der Waals surface area contributed by atoms with Crippen LogP contribution >= 0.6 is 0 Å². The Kier molecular flexibility index (Phi) is 9.24. The van der Waals surface area contributed by atoms with Crippen molar-refractivity contribution in [3.8, 4) is 0 Å². The summed E-state index contributed by atoms with van der Waals surface area (Å²) in [7, 11) is 0. The first kappa shape index (κ1) is 34.3. The SMILES string of the molecule is C/C(=C\CC[C@H](C)[C@@H]1C[C@H](O)[C@]2(C)[C@H]3CC[C@H]4C(C)(C)[C@@H](O[C@@H]5OC[C@@H](O)[C@H](O)[C@@H]5O)CC[C@]4(C)[C@@H]3C[C@@H](O)[C@]12C)C(=O)O. The van der Waals surface area contributed by atoms with Crippen LogP contribution in [0.1, 0.15) is 99.8 Å². The van der Waals surface area contributed by atoms with Crippen molar-refractivity contribution in [2.24, 2.45) is 51.2 Å². The Balaban J connectivity index is 1.36. The van der Waals surface area contributed by atoms with Crippen molar-refractivity contribution in [3.63, 3.8) is 0 Å². The molecular formula is C35H58O9. The van der Waals surface area contributed by atoms with Crippen LogP contribution in [0.25, 0.3) is 0 Å². The third-order valence-corrected chi connectivity index (χ3v) is 14.5. The standard InChI is InChI=1S/C35H58O9/c1-18(9-8-10-19(2)30(41)42)21-15-25(37)34(6)20-11-12-24-32(3,4)27(44-31-29(40)28(39)23(36)17-43-31)13-14-33(24,5)22(20)16-26(38)35(21,34)7/h10,18,20-29,31,36-40H,8-9,11-17H2,1-7H3,(H,41,42)/b19-10+/t18-,20-,21-,22+,23+,24-,25-,26+,27-,28-,29-,31-,33+,34-,35-/m0/s1. The Hall–Kier alpha value is -1.07. The number of carboxylic acids is 1. The number of fused-ring (bicyclic) bond motifs is 5. The largest absolute Gasteiger partial charge is 0.478 e. The molecule has 15 atom stereocenters. The molecule has 1 saturated heterocycles. The van der Waals surface area contributed by atoms with Crippen LogP contribution in [-0.4, -0.2) is 86.1 Å². The first-order valence-corrected chi connectivity index (χ1v) is 17.0. The van der Waals surface area contributed by atoms with E-state index in [2.05, 4.69) is 41.5 Å². The minimum absolute atomic E-state index is 0.0675. The van der Waals surface area contributed by atoms with E-state index in [9.17, 15) is 35.4 Å². The minimum atomic E-state index is -1.32. The molecule has 5 fully saturated rings. The molecule has 1 heterocycles. The number of carbonyl (C=O) groups is 1. The molecule has 44 heavy (non-hydrogen) atoms. The fourth-order valence-corrected chi connectivity index (χ4v) is 11.6. The summed E-state index contributed by atoms with van der Waals surface area (Å²) < 4.78 is 12.0. The molecule has 252 valence electrons. The number of hydrogen-bond donors (Lipinski definition) is 6. The predicted octanol–water partition coefficient (Wildman–Crippen LogP) is 3.88. The Bertz CT molecular complexity index is 1110. The lowest BCUT2D eigenvalue weighted by Gasteiger charge is -2.69. The third kappa shape index (κ3) is 5.03. The molecule has 5 rings (SSSR count). The van der Waals surface area contributed by atoms with E-state index in [0.29, 0.717) is 30.8 Å². The van der Waals surface area contributed by atoms with Gasteiger partial charge in [-0.3, -0.25) is 0 Å². The first-order chi connectivity index (χ1) is 20.4. The lowest BCUT2D eigenvalue weighted by atomic mass is 9.37. The zero-order valence-electron chi connectivity index (χ0n) is 27.8. The fourth-order valence-electron chi connectivity index (χ4n) is 11.6. The number of ether oxygens (including phenoxy) is 2. The lowest BCUT2D eigenvalue weighted by Crippen LogP contribution is -2.67. The van der Waals surface area contributed by atoms with Crippen molar-refractivity contribution in [1.29, 1.82) is 0 Å². The summed E-state index contributed by atoms with van der Waals surface area (Å²) in [6.07, 6.45) is 2.19. The highest BCUT2D eigenvalue weighted by Crippen LogP contribution is 2.74. The summed E-state index contributed by atoms with van der Waals surface area (Å²) in [5, 5.41) is 63.9. The summed E-state index contributed by atoms with van der Waals surface area (Å²) in [5.74, 6) is 0.284. The number of allylic oxidation sites excluding steroid dienone is 1. The lowest BCUT2D eigenvalue weighted by molar-refractivity contribution is -0.310. The zero-order valence-corrected chi connectivity index (χ0v) is 27.8. The van der Waals surface area contributed by atoms with Crippen LogP contribution in [0, 0.1) is 51.2 Å². The molecule has 9 nitrogen and oxygen atoms in total. The van der Waals surface area contributed by atoms with Crippen LogP contribution in [0.4, 0.5) is 0 Å². The Morgan fingerprint density at radius 1 is 0.932 bits per heavy atom. The van der Waals surface area contributed by atoms with Gasteiger partial charge in [-0.1, -0.05) is 47.6 Å². The normalized spacial score (nSPS) is 51.2. The quantitative estimate of drug-likeness (QED) is 0.183. The molecule has 0 amide bonds. The van der Waals surface area contributed by atoms with E-state index >= 15 is 0 Å². The molecule has 4 aliphatic carbocycles. The second-order valence-electron chi connectivity index (χ2n) is 16.5. The number of rotatable bonds is 7. The molecule has 9 heteroatoms. The third-order valence-electron chi connectivity index (χ3n) is 14.5. The van der Waals surface area contributed by atoms with Crippen molar-refractivity contribution in [2.45, 2.75) is 143 Å².